The van der Waals surface area contributed by atoms with E-state index in [1.165, 1.54) is 0 Å². The largest absolute Gasteiger partial charge is 0.387 e. The molecule has 1 amide bonds. The zero-order valence-electron chi connectivity index (χ0n) is 12.5. The number of carbonyl (C=O) groups is 1. The van der Waals surface area contributed by atoms with Crippen LogP contribution in [-0.4, -0.2) is 35.0 Å². The molecule has 0 radical (unpaired) electrons. The Hall–Kier alpha value is -1.43. The number of nitrogens with zero attached hydrogens (tertiary/aromatic N) is 1. The smallest absolute Gasteiger partial charge is 0.221 e. The molecule has 1 fully saturated rings. The fourth-order valence-corrected chi connectivity index (χ4v) is 2.87. The monoisotopic (exact) mass is 291 g/mol. The molecule has 3 atom stereocenters. The van der Waals surface area contributed by atoms with Gasteiger partial charge in [0.2, 0.25) is 5.91 Å². The van der Waals surface area contributed by atoms with E-state index in [2.05, 4.69) is 11.8 Å². The van der Waals surface area contributed by atoms with Crippen molar-refractivity contribution in [1.29, 1.82) is 0 Å². The van der Waals surface area contributed by atoms with E-state index < -0.39 is 6.10 Å². The first-order valence-corrected chi connectivity index (χ1v) is 7.51. The normalized spacial score (nSPS) is 24.7. The fourth-order valence-electron chi connectivity index (χ4n) is 2.87. The molecule has 1 aromatic rings. The van der Waals surface area contributed by atoms with Gasteiger partial charge in [-0.25, -0.2) is 0 Å². The first kappa shape index (κ1) is 15.9. The lowest BCUT2D eigenvalue weighted by atomic mass is 9.92. The third-order valence-electron chi connectivity index (χ3n) is 4.42. The summed E-state index contributed by atoms with van der Waals surface area (Å²) in [5.41, 5.74) is 12.9. The molecule has 5 nitrogen and oxygen atoms in total. The summed E-state index contributed by atoms with van der Waals surface area (Å²) in [6.07, 6.45) is 1.21. The summed E-state index contributed by atoms with van der Waals surface area (Å²) >= 11 is 0. The van der Waals surface area contributed by atoms with Gasteiger partial charge >= 0.3 is 0 Å². The highest BCUT2D eigenvalue weighted by Crippen LogP contribution is 2.24. The number of benzene rings is 1. The van der Waals surface area contributed by atoms with E-state index in [0.29, 0.717) is 25.7 Å². The minimum atomic E-state index is -0.564. The lowest BCUT2D eigenvalue weighted by Gasteiger charge is -2.38. The zero-order chi connectivity index (χ0) is 15.4. The standard InChI is InChI=1S/C16H25N3O2/c1-11-2-5-14(16(18)21)9-19(11)10-15(20)13-6-3-12(8-17)4-7-13/h3-4,6-7,11,14-15,20H,2,5,8-10,17H2,1H3,(H2,18,21). The van der Waals surface area contributed by atoms with E-state index >= 15 is 0 Å². The lowest BCUT2D eigenvalue weighted by molar-refractivity contribution is -0.124. The zero-order valence-corrected chi connectivity index (χ0v) is 12.5. The predicted molar refractivity (Wildman–Crippen MR) is 82.2 cm³/mol. The van der Waals surface area contributed by atoms with E-state index in [0.717, 1.165) is 24.0 Å². The van der Waals surface area contributed by atoms with Crippen molar-refractivity contribution in [3.8, 4) is 0 Å². The highest BCUT2D eigenvalue weighted by Gasteiger charge is 2.29. The predicted octanol–water partition coefficient (Wildman–Crippen LogP) is 0.765. The molecule has 1 saturated heterocycles. The first-order chi connectivity index (χ1) is 10.0. The SMILES string of the molecule is CC1CCC(C(N)=O)CN1CC(O)c1ccc(CN)cc1. The molecule has 5 N–H and O–H groups in total. The number of piperidine rings is 1. The van der Waals surface area contributed by atoms with Gasteiger partial charge in [0.25, 0.3) is 0 Å². The molecule has 3 unspecified atom stereocenters. The summed E-state index contributed by atoms with van der Waals surface area (Å²) in [6, 6.07) is 8.05. The van der Waals surface area contributed by atoms with Crippen LogP contribution in [0.25, 0.3) is 0 Å². The van der Waals surface area contributed by atoms with Crippen molar-refractivity contribution in [3.63, 3.8) is 0 Å². The van der Waals surface area contributed by atoms with Crippen LogP contribution in [0.15, 0.2) is 24.3 Å². The Labute approximate surface area is 125 Å². The molecule has 2 rings (SSSR count). The summed E-state index contributed by atoms with van der Waals surface area (Å²) in [7, 11) is 0. The van der Waals surface area contributed by atoms with Crippen molar-refractivity contribution >= 4 is 5.91 Å². The maximum atomic E-state index is 11.4. The fraction of sp³-hybridized carbons (Fsp3) is 0.562. The van der Waals surface area contributed by atoms with Gasteiger partial charge in [-0.2, -0.15) is 0 Å². The third kappa shape index (κ3) is 4.03. The Morgan fingerprint density at radius 2 is 2.05 bits per heavy atom. The summed E-state index contributed by atoms with van der Waals surface area (Å²) in [6.45, 7) is 3.78. The maximum Gasteiger partial charge on any atom is 0.221 e. The number of aliphatic hydroxyl groups excluding tert-OH is 1. The number of primary amides is 1. The van der Waals surface area contributed by atoms with E-state index in [9.17, 15) is 9.90 Å². The Bertz CT molecular complexity index is 475. The van der Waals surface area contributed by atoms with Gasteiger partial charge in [-0.1, -0.05) is 24.3 Å². The maximum absolute atomic E-state index is 11.4. The van der Waals surface area contributed by atoms with Gasteiger partial charge in [0.05, 0.1) is 12.0 Å². The molecule has 1 aromatic carbocycles. The van der Waals surface area contributed by atoms with Gasteiger partial charge in [-0.15, -0.1) is 0 Å². The van der Waals surface area contributed by atoms with E-state index in [4.69, 9.17) is 11.5 Å². The number of rotatable bonds is 5. The minimum absolute atomic E-state index is 0.104. The lowest BCUT2D eigenvalue weighted by Crippen LogP contribution is -2.47. The Kier molecular flexibility index (Phi) is 5.33. The molecule has 21 heavy (non-hydrogen) atoms. The van der Waals surface area contributed by atoms with Crippen LogP contribution in [0.1, 0.15) is 37.0 Å². The average Bonchev–Trinajstić information content (AvgIpc) is 2.49. The van der Waals surface area contributed by atoms with Crippen molar-refractivity contribution < 1.29 is 9.90 Å². The second-order valence-electron chi connectivity index (χ2n) is 5.94. The number of hydrogen-bond acceptors (Lipinski definition) is 4. The molecule has 116 valence electrons. The van der Waals surface area contributed by atoms with Crippen LogP contribution >= 0.6 is 0 Å². The summed E-state index contributed by atoms with van der Waals surface area (Å²) < 4.78 is 0. The van der Waals surface area contributed by atoms with Crippen LogP contribution in [-0.2, 0) is 11.3 Å². The second kappa shape index (κ2) is 7.02. The quantitative estimate of drug-likeness (QED) is 0.747. The van der Waals surface area contributed by atoms with Crippen LogP contribution in [0, 0.1) is 5.92 Å². The van der Waals surface area contributed by atoms with Crippen molar-refractivity contribution in [1.82, 2.24) is 4.90 Å². The number of hydrogen-bond donors (Lipinski definition) is 3. The van der Waals surface area contributed by atoms with Crippen LogP contribution in [0.5, 0.6) is 0 Å². The Morgan fingerprint density at radius 1 is 1.38 bits per heavy atom. The minimum Gasteiger partial charge on any atom is -0.387 e. The number of carbonyl (C=O) groups excluding carboxylic acids is 1. The molecule has 0 saturated carbocycles. The first-order valence-electron chi connectivity index (χ1n) is 7.51. The van der Waals surface area contributed by atoms with Crippen LogP contribution in [0.3, 0.4) is 0 Å². The van der Waals surface area contributed by atoms with Gasteiger partial charge in [-0.05, 0) is 30.9 Å². The number of amides is 1. The molecule has 1 aliphatic rings. The van der Waals surface area contributed by atoms with E-state index in [-0.39, 0.29) is 11.8 Å². The van der Waals surface area contributed by atoms with Gasteiger partial charge in [0, 0.05) is 25.7 Å². The highest BCUT2D eigenvalue weighted by atomic mass is 16.3. The number of likely N-dealkylation sites (tertiary alicyclic amines) is 1. The number of aliphatic hydroxyl groups is 1. The Balaban J connectivity index is 1.99. The molecular formula is C16H25N3O2. The summed E-state index contributed by atoms with van der Waals surface area (Å²) in [4.78, 5) is 13.5. The van der Waals surface area contributed by atoms with Crippen molar-refractivity contribution in [2.24, 2.45) is 17.4 Å². The number of β-amino-alcohol motifs (C(OH)–C–C–N with tert-alkyl or cyclic N) is 1. The topological polar surface area (TPSA) is 92.6 Å². The second-order valence-corrected chi connectivity index (χ2v) is 5.94. The number of nitrogens with two attached hydrogens (primary N) is 2. The molecule has 0 aromatic heterocycles. The molecule has 0 aliphatic carbocycles. The van der Waals surface area contributed by atoms with Crippen LogP contribution in [0.2, 0.25) is 0 Å². The van der Waals surface area contributed by atoms with Gasteiger partial charge in [0.15, 0.2) is 0 Å². The van der Waals surface area contributed by atoms with E-state index in [1.54, 1.807) is 0 Å². The van der Waals surface area contributed by atoms with E-state index in [1.807, 2.05) is 24.3 Å². The van der Waals surface area contributed by atoms with Gasteiger partial charge < -0.3 is 16.6 Å². The molecule has 0 spiro atoms. The highest BCUT2D eigenvalue weighted by molar-refractivity contribution is 5.76. The van der Waals surface area contributed by atoms with Gasteiger partial charge in [0.1, 0.15) is 0 Å². The van der Waals surface area contributed by atoms with Crippen LogP contribution < -0.4 is 11.5 Å². The summed E-state index contributed by atoms with van der Waals surface area (Å²) in [5.74, 6) is -0.346. The molecule has 1 heterocycles. The average molecular weight is 291 g/mol. The third-order valence-corrected chi connectivity index (χ3v) is 4.42. The van der Waals surface area contributed by atoms with Crippen molar-refractivity contribution in [2.75, 3.05) is 13.1 Å². The molecule has 5 heteroatoms. The van der Waals surface area contributed by atoms with Crippen LogP contribution in [0.4, 0.5) is 0 Å². The Morgan fingerprint density at radius 3 is 2.62 bits per heavy atom. The van der Waals surface area contributed by atoms with Crippen molar-refractivity contribution in [3.05, 3.63) is 35.4 Å². The molecule has 1 aliphatic heterocycles. The van der Waals surface area contributed by atoms with Gasteiger partial charge in [-0.3, -0.25) is 9.69 Å². The van der Waals surface area contributed by atoms with Crippen molar-refractivity contribution in [2.45, 2.75) is 38.5 Å². The molecular weight excluding hydrogens is 266 g/mol. The molecule has 0 bridgehead atoms. The summed E-state index contributed by atoms with van der Waals surface area (Å²) in [5, 5.41) is 10.4.